The highest BCUT2D eigenvalue weighted by molar-refractivity contribution is 5.92. The summed E-state index contributed by atoms with van der Waals surface area (Å²) in [6, 6.07) is 4.29. The zero-order valence-corrected chi connectivity index (χ0v) is 11.9. The van der Waals surface area contributed by atoms with E-state index in [4.69, 9.17) is 9.84 Å². The molecule has 20 heavy (non-hydrogen) atoms. The van der Waals surface area contributed by atoms with Crippen LogP contribution in [0.5, 0.6) is 0 Å². The summed E-state index contributed by atoms with van der Waals surface area (Å²) in [6.07, 6.45) is 0.131. The summed E-state index contributed by atoms with van der Waals surface area (Å²) in [6.45, 7) is 6.39. The van der Waals surface area contributed by atoms with E-state index in [9.17, 15) is 9.59 Å². The highest BCUT2D eigenvalue weighted by atomic mass is 16.5. The minimum absolute atomic E-state index is 0.131. The second-order valence-corrected chi connectivity index (χ2v) is 4.64. The van der Waals surface area contributed by atoms with Crippen molar-refractivity contribution < 1.29 is 19.4 Å². The maximum Gasteiger partial charge on any atom is 0.335 e. The van der Waals surface area contributed by atoms with Gasteiger partial charge in [-0.05, 0) is 44.5 Å². The summed E-state index contributed by atoms with van der Waals surface area (Å²) in [5, 5.41) is 14.2. The molecule has 6 nitrogen and oxygen atoms in total. The number of anilines is 1. The van der Waals surface area contributed by atoms with E-state index < -0.39 is 5.97 Å². The molecule has 3 N–H and O–H groups in total. The zero-order chi connectivity index (χ0) is 15.1. The van der Waals surface area contributed by atoms with Gasteiger partial charge in [0.1, 0.15) is 0 Å². The van der Waals surface area contributed by atoms with Gasteiger partial charge < -0.3 is 20.5 Å². The highest BCUT2D eigenvalue weighted by Crippen LogP contribution is 2.15. The van der Waals surface area contributed by atoms with Crippen LogP contribution in [0.2, 0.25) is 0 Å². The van der Waals surface area contributed by atoms with Gasteiger partial charge in [0.05, 0.1) is 18.3 Å². The normalized spacial score (nSPS) is 10.4. The van der Waals surface area contributed by atoms with Crippen LogP contribution in [-0.2, 0) is 4.74 Å². The maximum atomic E-state index is 11.6. The molecule has 0 aliphatic carbocycles. The number of nitrogens with one attached hydrogen (secondary N) is 2. The van der Waals surface area contributed by atoms with Gasteiger partial charge in [-0.1, -0.05) is 0 Å². The number of carbonyl (C=O) groups is 2. The molecule has 0 heterocycles. The van der Waals surface area contributed by atoms with Crippen molar-refractivity contribution in [1.29, 1.82) is 0 Å². The number of hydrogen-bond donors (Lipinski definition) is 3. The Morgan fingerprint density at radius 1 is 1.35 bits per heavy atom. The molecule has 1 aromatic carbocycles. The third-order valence-corrected chi connectivity index (χ3v) is 2.55. The number of hydrogen-bond acceptors (Lipinski definition) is 3. The maximum absolute atomic E-state index is 11.6. The van der Waals surface area contributed by atoms with Gasteiger partial charge in [-0.3, -0.25) is 0 Å². The third kappa shape index (κ3) is 5.27. The Hall–Kier alpha value is -2.08. The van der Waals surface area contributed by atoms with E-state index in [2.05, 4.69) is 10.6 Å². The van der Waals surface area contributed by atoms with Crippen LogP contribution in [0.15, 0.2) is 18.2 Å². The average molecular weight is 280 g/mol. The molecule has 0 saturated carbocycles. The SMILES string of the molecule is Cc1cc(NC(=O)NCCOC(C)C)ccc1C(=O)O. The molecule has 0 aliphatic heterocycles. The van der Waals surface area contributed by atoms with Gasteiger partial charge in [-0.25, -0.2) is 9.59 Å². The molecule has 0 spiro atoms. The largest absolute Gasteiger partial charge is 0.478 e. The lowest BCUT2D eigenvalue weighted by Gasteiger charge is -2.10. The van der Waals surface area contributed by atoms with Crippen LogP contribution in [0.1, 0.15) is 29.8 Å². The Kier molecular flexibility index (Phi) is 5.99. The summed E-state index contributed by atoms with van der Waals surface area (Å²) in [5.41, 5.74) is 1.37. The fraction of sp³-hybridized carbons (Fsp3) is 0.429. The van der Waals surface area contributed by atoms with Gasteiger partial charge in [0, 0.05) is 12.2 Å². The first-order valence-corrected chi connectivity index (χ1v) is 6.40. The van der Waals surface area contributed by atoms with Crippen molar-refractivity contribution in [3.63, 3.8) is 0 Å². The van der Waals surface area contributed by atoms with E-state index in [0.717, 1.165) is 0 Å². The average Bonchev–Trinajstić information content (AvgIpc) is 2.34. The number of benzene rings is 1. The molecule has 0 fully saturated rings. The Morgan fingerprint density at radius 2 is 2.05 bits per heavy atom. The molecule has 0 saturated heterocycles. The summed E-state index contributed by atoms with van der Waals surface area (Å²) in [7, 11) is 0. The van der Waals surface area contributed by atoms with Crippen LogP contribution in [0.4, 0.5) is 10.5 Å². The van der Waals surface area contributed by atoms with Gasteiger partial charge >= 0.3 is 12.0 Å². The second-order valence-electron chi connectivity index (χ2n) is 4.64. The third-order valence-electron chi connectivity index (χ3n) is 2.55. The molecule has 0 bridgehead atoms. The minimum Gasteiger partial charge on any atom is -0.478 e. The number of urea groups is 1. The quantitative estimate of drug-likeness (QED) is 0.697. The Balaban J connectivity index is 2.46. The highest BCUT2D eigenvalue weighted by Gasteiger charge is 2.08. The fourth-order valence-electron chi connectivity index (χ4n) is 1.62. The van der Waals surface area contributed by atoms with Crippen molar-refractivity contribution in [1.82, 2.24) is 5.32 Å². The molecule has 1 rings (SSSR count). The topological polar surface area (TPSA) is 87.7 Å². The molecule has 0 atom stereocenters. The first kappa shape index (κ1) is 16.0. The predicted octanol–water partition coefficient (Wildman–Crippen LogP) is 2.24. The number of carboxylic acid groups (broad SMARTS) is 1. The van der Waals surface area contributed by atoms with Gasteiger partial charge in [0.2, 0.25) is 0 Å². The summed E-state index contributed by atoms with van der Waals surface area (Å²) in [4.78, 5) is 22.5. The molecular weight excluding hydrogens is 260 g/mol. The van der Waals surface area contributed by atoms with Crippen LogP contribution in [-0.4, -0.2) is 36.4 Å². The molecule has 6 heteroatoms. The number of carboxylic acids is 1. The standard InChI is InChI=1S/C14H20N2O4/c1-9(2)20-7-6-15-14(19)16-11-4-5-12(13(17)18)10(3)8-11/h4-5,8-9H,6-7H2,1-3H3,(H,17,18)(H2,15,16,19). The molecule has 110 valence electrons. The van der Waals surface area contributed by atoms with Crippen LogP contribution in [0.3, 0.4) is 0 Å². The summed E-state index contributed by atoms with van der Waals surface area (Å²) >= 11 is 0. The number of rotatable bonds is 6. The lowest BCUT2D eigenvalue weighted by Crippen LogP contribution is -2.32. The second kappa shape index (κ2) is 7.49. The van der Waals surface area contributed by atoms with Gasteiger partial charge in [0.25, 0.3) is 0 Å². The van der Waals surface area contributed by atoms with Gasteiger partial charge in [0.15, 0.2) is 0 Å². The summed E-state index contributed by atoms with van der Waals surface area (Å²) in [5.74, 6) is -0.982. The van der Waals surface area contributed by atoms with Gasteiger partial charge in [-0.15, -0.1) is 0 Å². The van der Waals surface area contributed by atoms with Crippen molar-refractivity contribution in [3.05, 3.63) is 29.3 Å². The number of ether oxygens (including phenoxy) is 1. The molecule has 0 aliphatic rings. The molecule has 0 radical (unpaired) electrons. The lowest BCUT2D eigenvalue weighted by molar-refractivity contribution is 0.0696. The van der Waals surface area contributed by atoms with E-state index in [1.165, 1.54) is 6.07 Å². The van der Waals surface area contributed by atoms with E-state index in [-0.39, 0.29) is 17.7 Å². The first-order valence-electron chi connectivity index (χ1n) is 6.40. The Bertz CT molecular complexity index is 486. The molecule has 1 aromatic rings. The van der Waals surface area contributed by atoms with Crippen LogP contribution < -0.4 is 10.6 Å². The minimum atomic E-state index is -0.982. The Morgan fingerprint density at radius 3 is 2.60 bits per heavy atom. The Labute approximate surface area is 118 Å². The number of aromatic carboxylic acids is 1. The van der Waals surface area contributed by atoms with E-state index >= 15 is 0 Å². The van der Waals surface area contributed by atoms with Crippen molar-refractivity contribution in [2.24, 2.45) is 0 Å². The monoisotopic (exact) mass is 280 g/mol. The van der Waals surface area contributed by atoms with Crippen molar-refractivity contribution in [2.75, 3.05) is 18.5 Å². The molecule has 0 unspecified atom stereocenters. The van der Waals surface area contributed by atoms with Crippen molar-refractivity contribution in [2.45, 2.75) is 26.9 Å². The molecular formula is C14H20N2O4. The van der Waals surface area contributed by atoms with Crippen LogP contribution in [0.25, 0.3) is 0 Å². The molecule has 0 aromatic heterocycles. The number of amides is 2. The van der Waals surface area contributed by atoms with Gasteiger partial charge in [-0.2, -0.15) is 0 Å². The number of aryl methyl sites for hydroxylation is 1. The first-order chi connectivity index (χ1) is 9.40. The van der Waals surface area contributed by atoms with Crippen molar-refractivity contribution in [3.8, 4) is 0 Å². The van der Waals surface area contributed by atoms with Crippen molar-refractivity contribution >= 4 is 17.7 Å². The van der Waals surface area contributed by atoms with E-state index in [1.54, 1.807) is 19.1 Å². The number of carbonyl (C=O) groups excluding carboxylic acids is 1. The van der Waals surface area contributed by atoms with Crippen LogP contribution >= 0.6 is 0 Å². The zero-order valence-electron chi connectivity index (χ0n) is 11.9. The van der Waals surface area contributed by atoms with E-state index in [0.29, 0.717) is 24.4 Å². The van der Waals surface area contributed by atoms with E-state index in [1.807, 2.05) is 13.8 Å². The fourth-order valence-corrected chi connectivity index (χ4v) is 1.62. The predicted molar refractivity (Wildman–Crippen MR) is 76.2 cm³/mol. The summed E-state index contributed by atoms with van der Waals surface area (Å²) < 4.78 is 5.30. The molecule has 2 amide bonds. The van der Waals surface area contributed by atoms with Crippen LogP contribution in [0, 0.1) is 6.92 Å². The lowest BCUT2D eigenvalue weighted by atomic mass is 10.1. The smallest absolute Gasteiger partial charge is 0.335 e.